The third-order valence-corrected chi connectivity index (χ3v) is 6.30. The zero-order valence-electron chi connectivity index (χ0n) is 17.9. The number of benzene rings is 3. The molecule has 0 fully saturated rings. The minimum absolute atomic E-state index is 0.107. The van der Waals surface area contributed by atoms with E-state index in [4.69, 9.17) is 22.3 Å². The van der Waals surface area contributed by atoms with Gasteiger partial charge in [0.15, 0.2) is 5.88 Å². The van der Waals surface area contributed by atoms with Crippen molar-refractivity contribution in [2.45, 2.75) is 26.4 Å². The Bertz CT molecular complexity index is 1320. The smallest absolute Gasteiger partial charge is 0.198 e. The van der Waals surface area contributed by atoms with Crippen molar-refractivity contribution in [1.82, 2.24) is 9.88 Å². The molecular weight excluding hydrogens is 420 g/mol. The Kier molecular flexibility index (Phi) is 5.37. The van der Waals surface area contributed by atoms with E-state index in [0.717, 1.165) is 53.4 Å². The number of aromatic amines is 1. The predicted molar refractivity (Wildman–Crippen MR) is 132 cm³/mol. The van der Waals surface area contributed by atoms with Crippen molar-refractivity contribution in [3.8, 4) is 5.88 Å². The second kappa shape index (κ2) is 8.34. The number of aromatic hydroxyl groups is 1. The maximum absolute atomic E-state index is 10.4. The van der Waals surface area contributed by atoms with Gasteiger partial charge in [-0.1, -0.05) is 29.8 Å². The lowest BCUT2D eigenvalue weighted by molar-refractivity contribution is 0.245. The summed E-state index contributed by atoms with van der Waals surface area (Å²) in [6.45, 7) is 4.76. The van der Waals surface area contributed by atoms with E-state index in [1.54, 1.807) is 0 Å². The Hall–Kier alpha value is -3.28. The molecule has 0 atom stereocenters. The van der Waals surface area contributed by atoms with Crippen LogP contribution in [-0.2, 0) is 19.5 Å². The van der Waals surface area contributed by atoms with Gasteiger partial charge in [0.1, 0.15) is 0 Å². The summed E-state index contributed by atoms with van der Waals surface area (Å²) in [6.07, 6.45) is 1.02. The molecule has 4 aromatic rings. The SMILES string of the molecule is CC(=Nc1ccc(CN2CCc3cc(Cl)ccc3C2)cc1)c1c(O)[nH]c2ccc(N)cc12. The van der Waals surface area contributed by atoms with Gasteiger partial charge >= 0.3 is 0 Å². The molecule has 4 N–H and O–H groups in total. The van der Waals surface area contributed by atoms with Gasteiger partial charge in [0.05, 0.1) is 17.0 Å². The Morgan fingerprint density at radius 2 is 1.91 bits per heavy atom. The van der Waals surface area contributed by atoms with E-state index >= 15 is 0 Å². The van der Waals surface area contributed by atoms with Crippen LogP contribution in [-0.4, -0.2) is 27.2 Å². The molecule has 162 valence electrons. The lowest BCUT2D eigenvalue weighted by atomic mass is 9.99. The quantitative estimate of drug-likeness (QED) is 0.274. The molecule has 0 unspecified atom stereocenters. The number of nitrogens with one attached hydrogen (secondary N) is 1. The van der Waals surface area contributed by atoms with Gasteiger partial charge in [0.25, 0.3) is 0 Å². The summed E-state index contributed by atoms with van der Waals surface area (Å²) in [7, 11) is 0. The average molecular weight is 445 g/mol. The molecule has 0 saturated heterocycles. The summed E-state index contributed by atoms with van der Waals surface area (Å²) in [6, 6.07) is 20.0. The summed E-state index contributed by atoms with van der Waals surface area (Å²) in [5.74, 6) is 0.107. The number of aromatic nitrogens is 1. The van der Waals surface area contributed by atoms with E-state index in [2.05, 4.69) is 34.1 Å². The predicted octanol–water partition coefficient (Wildman–Crippen LogP) is 5.81. The highest BCUT2D eigenvalue weighted by Gasteiger charge is 2.17. The van der Waals surface area contributed by atoms with Gasteiger partial charge in [-0.15, -0.1) is 0 Å². The fourth-order valence-electron chi connectivity index (χ4n) is 4.46. The van der Waals surface area contributed by atoms with Crippen molar-refractivity contribution in [3.63, 3.8) is 0 Å². The first-order chi connectivity index (χ1) is 15.5. The number of anilines is 1. The number of rotatable bonds is 4. The molecule has 0 amide bonds. The number of fused-ring (bicyclic) bond motifs is 2. The molecule has 5 nitrogen and oxygen atoms in total. The minimum Gasteiger partial charge on any atom is -0.494 e. The standard InChI is InChI=1S/C26H25ClN4O/c1-16(25-23-13-21(28)6-9-24(23)30-26(25)32)29-22-7-2-17(3-8-22)14-31-11-10-18-12-20(27)5-4-19(18)15-31/h2-9,12-13,30,32H,10-11,14-15,28H2,1H3. The summed E-state index contributed by atoms with van der Waals surface area (Å²) in [4.78, 5) is 10.2. The van der Waals surface area contributed by atoms with Crippen molar-refractivity contribution >= 4 is 39.6 Å². The molecule has 32 heavy (non-hydrogen) atoms. The van der Waals surface area contributed by atoms with Crippen LogP contribution in [0.2, 0.25) is 5.02 Å². The van der Waals surface area contributed by atoms with E-state index in [0.29, 0.717) is 11.3 Å². The Labute approximate surface area is 192 Å². The number of nitrogen functional groups attached to an aromatic ring is 1. The number of H-pyrrole nitrogens is 1. The van der Waals surface area contributed by atoms with Crippen molar-refractivity contribution < 1.29 is 5.11 Å². The average Bonchev–Trinajstić information content (AvgIpc) is 3.10. The van der Waals surface area contributed by atoms with Crippen LogP contribution in [0.3, 0.4) is 0 Å². The maximum Gasteiger partial charge on any atom is 0.198 e. The van der Waals surface area contributed by atoms with Gasteiger partial charge < -0.3 is 15.8 Å². The van der Waals surface area contributed by atoms with Crippen LogP contribution in [0, 0.1) is 0 Å². The third-order valence-electron chi connectivity index (χ3n) is 6.06. The van der Waals surface area contributed by atoms with Crippen molar-refractivity contribution in [2.75, 3.05) is 12.3 Å². The highest BCUT2D eigenvalue weighted by molar-refractivity contribution is 6.30. The van der Waals surface area contributed by atoms with Crippen LogP contribution in [0.15, 0.2) is 65.7 Å². The third kappa shape index (κ3) is 4.09. The molecular formula is C26H25ClN4O. The molecule has 1 aliphatic rings. The summed E-state index contributed by atoms with van der Waals surface area (Å²) < 4.78 is 0. The van der Waals surface area contributed by atoms with Crippen molar-refractivity contribution in [3.05, 3.63) is 87.9 Å². The summed E-state index contributed by atoms with van der Waals surface area (Å²) >= 11 is 6.12. The fraction of sp³-hybridized carbons (Fsp3) is 0.192. The number of hydrogen-bond donors (Lipinski definition) is 3. The number of nitrogens with two attached hydrogens (primary N) is 1. The van der Waals surface area contributed by atoms with Crippen LogP contribution < -0.4 is 5.73 Å². The van der Waals surface area contributed by atoms with Gasteiger partial charge in [-0.25, -0.2) is 0 Å². The molecule has 0 radical (unpaired) electrons. The van der Waals surface area contributed by atoms with Crippen molar-refractivity contribution in [2.24, 2.45) is 4.99 Å². The highest BCUT2D eigenvalue weighted by atomic mass is 35.5. The first kappa shape index (κ1) is 20.6. The van der Waals surface area contributed by atoms with E-state index in [9.17, 15) is 5.11 Å². The molecule has 5 rings (SSSR count). The van der Waals surface area contributed by atoms with Crippen LogP contribution >= 0.6 is 11.6 Å². The molecule has 0 saturated carbocycles. The van der Waals surface area contributed by atoms with Gasteiger partial charge in [-0.3, -0.25) is 9.89 Å². The normalized spacial score (nSPS) is 14.6. The molecule has 3 aromatic carbocycles. The zero-order chi connectivity index (χ0) is 22.2. The zero-order valence-corrected chi connectivity index (χ0v) is 18.7. The molecule has 1 aromatic heterocycles. The minimum atomic E-state index is 0.107. The van der Waals surface area contributed by atoms with Gasteiger partial charge in [0.2, 0.25) is 0 Å². The molecule has 0 bridgehead atoms. The second-order valence-electron chi connectivity index (χ2n) is 8.39. The first-order valence-electron chi connectivity index (χ1n) is 10.7. The fourth-order valence-corrected chi connectivity index (χ4v) is 4.65. The summed E-state index contributed by atoms with van der Waals surface area (Å²) in [5, 5.41) is 12.1. The molecule has 2 heterocycles. The van der Waals surface area contributed by atoms with Crippen LogP contribution in [0.5, 0.6) is 5.88 Å². The van der Waals surface area contributed by atoms with Crippen molar-refractivity contribution in [1.29, 1.82) is 0 Å². The van der Waals surface area contributed by atoms with E-state index < -0.39 is 0 Å². The van der Waals surface area contributed by atoms with Crippen LogP contribution in [0.4, 0.5) is 11.4 Å². The Morgan fingerprint density at radius 3 is 2.72 bits per heavy atom. The highest BCUT2D eigenvalue weighted by Crippen LogP contribution is 2.30. The van der Waals surface area contributed by atoms with Gasteiger partial charge in [-0.05, 0) is 72.5 Å². The number of aliphatic imine (C=N–C) groups is 1. The second-order valence-corrected chi connectivity index (χ2v) is 8.83. The Morgan fingerprint density at radius 1 is 1.09 bits per heavy atom. The number of nitrogens with zero attached hydrogens (tertiary/aromatic N) is 2. The number of hydrogen-bond acceptors (Lipinski definition) is 4. The lowest BCUT2D eigenvalue weighted by Crippen LogP contribution is -2.29. The topological polar surface area (TPSA) is 77.6 Å². The maximum atomic E-state index is 10.4. The van der Waals surface area contributed by atoms with E-state index in [1.807, 2.05) is 43.3 Å². The summed E-state index contributed by atoms with van der Waals surface area (Å²) in [5.41, 5.74) is 13.7. The van der Waals surface area contributed by atoms with E-state index in [1.165, 1.54) is 16.7 Å². The van der Waals surface area contributed by atoms with E-state index in [-0.39, 0.29) is 5.88 Å². The molecule has 0 spiro atoms. The van der Waals surface area contributed by atoms with Gasteiger partial charge in [0, 0.05) is 41.2 Å². The van der Waals surface area contributed by atoms with Crippen LogP contribution in [0.1, 0.15) is 29.2 Å². The molecule has 1 aliphatic heterocycles. The van der Waals surface area contributed by atoms with Gasteiger partial charge in [-0.2, -0.15) is 0 Å². The molecule has 6 heteroatoms. The Balaban J connectivity index is 1.32. The number of halogens is 1. The largest absolute Gasteiger partial charge is 0.494 e. The lowest BCUT2D eigenvalue weighted by Gasteiger charge is -2.29. The molecule has 0 aliphatic carbocycles. The van der Waals surface area contributed by atoms with Crippen LogP contribution in [0.25, 0.3) is 10.9 Å². The monoisotopic (exact) mass is 444 g/mol. The first-order valence-corrected chi connectivity index (χ1v) is 11.1.